The second kappa shape index (κ2) is 6.70. The molecule has 0 bridgehead atoms. The molecule has 1 aliphatic heterocycles. The van der Waals surface area contributed by atoms with E-state index in [-0.39, 0.29) is 0 Å². The molecule has 0 amide bonds. The third-order valence-corrected chi connectivity index (χ3v) is 3.80. The molecule has 1 aromatic heterocycles. The largest absolute Gasteiger partial charge is 0.360 e. The third-order valence-electron chi connectivity index (χ3n) is 3.80. The highest BCUT2D eigenvalue weighted by molar-refractivity contribution is 5.49. The number of rotatable bonds is 5. The standard InChI is InChI=1S/C14H25N5/c1-4-18(2)13-9-14(17-11-16-13)19(3)10-12-7-5-6-8-15-12/h9,11-12,15H,4-8,10H2,1-3H3. The molecular formula is C14H25N5. The summed E-state index contributed by atoms with van der Waals surface area (Å²) in [6.45, 7) is 5.22. The maximum atomic E-state index is 4.38. The van der Waals surface area contributed by atoms with Gasteiger partial charge in [-0.05, 0) is 26.3 Å². The number of likely N-dealkylation sites (N-methyl/N-ethyl adjacent to an activating group) is 1. The Labute approximate surface area is 116 Å². The number of hydrogen-bond acceptors (Lipinski definition) is 5. The van der Waals surface area contributed by atoms with Crippen LogP contribution in [0.4, 0.5) is 11.6 Å². The molecule has 1 unspecified atom stereocenters. The summed E-state index contributed by atoms with van der Waals surface area (Å²) in [5.74, 6) is 1.98. The summed E-state index contributed by atoms with van der Waals surface area (Å²) in [5, 5.41) is 3.57. The molecular weight excluding hydrogens is 238 g/mol. The van der Waals surface area contributed by atoms with E-state index in [0.717, 1.165) is 31.3 Å². The quantitative estimate of drug-likeness (QED) is 0.872. The predicted molar refractivity (Wildman–Crippen MR) is 79.9 cm³/mol. The Morgan fingerprint density at radius 1 is 1.21 bits per heavy atom. The van der Waals surface area contributed by atoms with Gasteiger partial charge in [0.25, 0.3) is 0 Å². The van der Waals surface area contributed by atoms with Crippen LogP contribution in [0.3, 0.4) is 0 Å². The van der Waals surface area contributed by atoms with Crippen LogP contribution < -0.4 is 15.1 Å². The Balaban J connectivity index is 1.99. The van der Waals surface area contributed by atoms with Crippen molar-refractivity contribution in [1.29, 1.82) is 0 Å². The average molecular weight is 263 g/mol. The van der Waals surface area contributed by atoms with Crippen molar-refractivity contribution in [3.05, 3.63) is 12.4 Å². The zero-order valence-electron chi connectivity index (χ0n) is 12.3. The minimum atomic E-state index is 0.584. The summed E-state index contributed by atoms with van der Waals surface area (Å²) in [6, 6.07) is 2.65. The van der Waals surface area contributed by atoms with E-state index >= 15 is 0 Å². The molecule has 0 aliphatic carbocycles. The van der Waals surface area contributed by atoms with Crippen LogP contribution in [0.5, 0.6) is 0 Å². The molecule has 1 atom stereocenters. The Morgan fingerprint density at radius 3 is 2.58 bits per heavy atom. The maximum Gasteiger partial charge on any atom is 0.133 e. The van der Waals surface area contributed by atoms with Crippen LogP contribution in [0.1, 0.15) is 26.2 Å². The molecule has 5 nitrogen and oxygen atoms in total. The lowest BCUT2D eigenvalue weighted by Gasteiger charge is -2.29. The van der Waals surface area contributed by atoms with Gasteiger partial charge in [-0.25, -0.2) is 9.97 Å². The lowest BCUT2D eigenvalue weighted by molar-refractivity contribution is 0.403. The first-order valence-corrected chi connectivity index (χ1v) is 7.18. The normalized spacial score (nSPS) is 19.2. The smallest absolute Gasteiger partial charge is 0.133 e. The monoisotopic (exact) mass is 263 g/mol. The van der Waals surface area contributed by atoms with Crippen molar-refractivity contribution in [2.75, 3.05) is 43.5 Å². The Kier molecular flexibility index (Phi) is 4.96. The van der Waals surface area contributed by atoms with Crippen molar-refractivity contribution in [3.8, 4) is 0 Å². The lowest BCUT2D eigenvalue weighted by atomic mass is 10.0. The van der Waals surface area contributed by atoms with E-state index in [1.165, 1.54) is 19.3 Å². The number of piperidine rings is 1. The van der Waals surface area contributed by atoms with Crippen LogP contribution >= 0.6 is 0 Å². The van der Waals surface area contributed by atoms with Crippen molar-refractivity contribution in [2.45, 2.75) is 32.2 Å². The first kappa shape index (κ1) is 14.1. The molecule has 0 aromatic carbocycles. The Morgan fingerprint density at radius 2 is 1.95 bits per heavy atom. The highest BCUT2D eigenvalue weighted by atomic mass is 15.2. The number of nitrogens with one attached hydrogen (secondary N) is 1. The number of nitrogens with zero attached hydrogens (tertiary/aromatic N) is 4. The molecule has 1 aliphatic rings. The molecule has 2 heterocycles. The average Bonchev–Trinajstić information content (AvgIpc) is 2.47. The fourth-order valence-electron chi connectivity index (χ4n) is 2.42. The molecule has 0 saturated carbocycles. The lowest BCUT2D eigenvalue weighted by Crippen LogP contribution is -2.42. The summed E-state index contributed by atoms with van der Waals surface area (Å²) in [6.07, 6.45) is 5.55. The predicted octanol–water partition coefficient (Wildman–Crippen LogP) is 1.51. The van der Waals surface area contributed by atoms with E-state index in [1.54, 1.807) is 6.33 Å². The minimum Gasteiger partial charge on any atom is -0.360 e. The zero-order chi connectivity index (χ0) is 13.7. The fraction of sp³-hybridized carbons (Fsp3) is 0.714. The summed E-state index contributed by atoms with van der Waals surface area (Å²) in [4.78, 5) is 13.0. The van der Waals surface area contributed by atoms with Gasteiger partial charge in [0.2, 0.25) is 0 Å². The van der Waals surface area contributed by atoms with Crippen molar-refractivity contribution >= 4 is 11.6 Å². The topological polar surface area (TPSA) is 44.3 Å². The van der Waals surface area contributed by atoms with Gasteiger partial charge in [-0.15, -0.1) is 0 Å². The highest BCUT2D eigenvalue weighted by Gasteiger charge is 2.16. The molecule has 1 fully saturated rings. The van der Waals surface area contributed by atoms with E-state index in [0.29, 0.717) is 6.04 Å². The number of hydrogen-bond donors (Lipinski definition) is 1. The molecule has 1 saturated heterocycles. The minimum absolute atomic E-state index is 0.584. The molecule has 1 aromatic rings. The Bertz CT molecular complexity index is 389. The van der Waals surface area contributed by atoms with Crippen LogP contribution in [-0.2, 0) is 0 Å². The second-order valence-corrected chi connectivity index (χ2v) is 5.28. The van der Waals surface area contributed by atoms with Gasteiger partial charge in [-0.2, -0.15) is 0 Å². The van der Waals surface area contributed by atoms with Gasteiger partial charge in [0.15, 0.2) is 0 Å². The van der Waals surface area contributed by atoms with Crippen LogP contribution in [-0.4, -0.2) is 49.7 Å². The summed E-state index contributed by atoms with van der Waals surface area (Å²) < 4.78 is 0. The highest BCUT2D eigenvalue weighted by Crippen LogP contribution is 2.17. The first-order valence-electron chi connectivity index (χ1n) is 7.18. The number of aromatic nitrogens is 2. The molecule has 2 rings (SSSR count). The summed E-state index contributed by atoms with van der Waals surface area (Å²) in [5.41, 5.74) is 0. The molecule has 5 heteroatoms. The van der Waals surface area contributed by atoms with E-state index in [9.17, 15) is 0 Å². The Hall–Kier alpha value is -1.36. The molecule has 0 spiro atoms. The van der Waals surface area contributed by atoms with E-state index in [1.807, 2.05) is 0 Å². The summed E-state index contributed by atoms with van der Waals surface area (Å²) >= 11 is 0. The van der Waals surface area contributed by atoms with Crippen LogP contribution in [0.25, 0.3) is 0 Å². The first-order chi connectivity index (χ1) is 9.20. The maximum absolute atomic E-state index is 4.38. The van der Waals surface area contributed by atoms with E-state index in [2.05, 4.69) is 52.2 Å². The fourth-order valence-corrected chi connectivity index (χ4v) is 2.42. The van der Waals surface area contributed by atoms with E-state index < -0.39 is 0 Å². The van der Waals surface area contributed by atoms with Crippen molar-refractivity contribution < 1.29 is 0 Å². The van der Waals surface area contributed by atoms with Crippen LogP contribution in [0, 0.1) is 0 Å². The van der Waals surface area contributed by atoms with Gasteiger partial charge in [0.1, 0.15) is 18.0 Å². The summed E-state index contributed by atoms with van der Waals surface area (Å²) in [7, 11) is 4.16. The SMILES string of the molecule is CCN(C)c1cc(N(C)CC2CCCCN2)ncn1. The second-order valence-electron chi connectivity index (χ2n) is 5.28. The molecule has 106 valence electrons. The van der Waals surface area contributed by atoms with Crippen molar-refractivity contribution in [2.24, 2.45) is 0 Å². The molecule has 0 radical (unpaired) electrons. The number of anilines is 2. The van der Waals surface area contributed by atoms with Gasteiger partial charge < -0.3 is 15.1 Å². The zero-order valence-corrected chi connectivity index (χ0v) is 12.3. The van der Waals surface area contributed by atoms with Crippen LogP contribution in [0.2, 0.25) is 0 Å². The van der Waals surface area contributed by atoms with Gasteiger partial charge in [0, 0.05) is 39.3 Å². The third kappa shape index (κ3) is 3.80. The van der Waals surface area contributed by atoms with Crippen molar-refractivity contribution in [1.82, 2.24) is 15.3 Å². The van der Waals surface area contributed by atoms with Gasteiger partial charge in [0.05, 0.1) is 0 Å². The van der Waals surface area contributed by atoms with Crippen LogP contribution in [0.15, 0.2) is 12.4 Å². The molecule has 19 heavy (non-hydrogen) atoms. The van der Waals surface area contributed by atoms with Gasteiger partial charge in [-0.1, -0.05) is 6.42 Å². The van der Waals surface area contributed by atoms with Gasteiger partial charge >= 0.3 is 0 Å². The van der Waals surface area contributed by atoms with Gasteiger partial charge in [-0.3, -0.25) is 0 Å². The van der Waals surface area contributed by atoms with E-state index in [4.69, 9.17) is 0 Å². The molecule has 1 N–H and O–H groups in total. The van der Waals surface area contributed by atoms with Crippen molar-refractivity contribution in [3.63, 3.8) is 0 Å².